The van der Waals surface area contributed by atoms with Crippen LogP contribution in [0.5, 0.6) is 0 Å². The van der Waals surface area contributed by atoms with Crippen molar-refractivity contribution in [2.45, 2.75) is 0 Å². The molecule has 1 aromatic carbocycles. The lowest BCUT2D eigenvalue weighted by Crippen LogP contribution is -2.31. The monoisotopic (exact) mass is 199 g/mol. The molecule has 0 saturated carbocycles. The average Bonchev–Trinajstić information content (AvgIpc) is 2.82. The quantitative estimate of drug-likeness (QED) is 0.641. The zero-order chi connectivity index (χ0) is 10.1. The van der Waals surface area contributed by atoms with Gasteiger partial charge in [0, 0.05) is 11.7 Å². The van der Waals surface area contributed by atoms with Gasteiger partial charge in [0.25, 0.3) is 0 Å². The van der Waals surface area contributed by atoms with Gasteiger partial charge in [-0.3, -0.25) is 4.98 Å². The number of benzene rings is 1. The molecule has 0 aliphatic carbocycles. The number of para-hydroxylation sites is 1. The third-order valence-electron chi connectivity index (χ3n) is 2.51. The van der Waals surface area contributed by atoms with Gasteiger partial charge >= 0.3 is 7.12 Å². The largest absolute Gasteiger partial charge is 0.495 e. The minimum Gasteiger partial charge on any atom is -0.405 e. The van der Waals surface area contributed by atoms with Gasteiger partial charge in [-0.1, -0.05) is 24.3 Å². The van der Waals surface area contributed by atoms with E-state index in [0.29, 0.717) is 13.2 Å². The Morgan fingerprint density at radius 1 is 1.13 bits per heavy atom. The van der Waals surface area contributed by atoms with Crippen molar-refractivity contribution >= 4 is 23.5 Å². The molecular weight excluding hydrogens is 189 g/mol. The van der Waals surface area contributed by atoms with Crippen LogP contribution in [0.1, 0.15) is 0 Å². The van der Waals surface area contributed by atoms with E-state index in [-0.39, 0.29) is 7.12 Å². The van der Waals surface area contributed by atoms with Crippen LogP contribution in [-0.4, -0.2) is 25.3 Å². The van der Waals surface area contributed by atoms with Gasteiger partial charge in [-0.25, -0.2) is 0 Å². The fraction of sp³-hybridized carbons (Fsp3) is 0.182. The van der Waals surface area contributed by atoms with E-state index in [9.17, 15) is 0 Å². The minimum atomic E-state index is -0.234. The van der Waals surface area contributed by atoms with Gasteiger partial charge in [0.05, 0.1) is 18.7 Å². The molecule has 0 amide bonds. The first kappa shape index (κ1) is 8.89. The molecule has 0 spiro atoms. The SMILES string of the molecule is c1ccc2ncc(B3OCCO3)cc2c1. The number of rotatable bonds is 1. The Bertz CT molecular complexity index is 483. The second-order valence-corrected chi connectivity index (χ2v) is 3.53. The molecule has 1 fully saturated rings. The highest BCUT2D eigenvalue weighted by Gasteiger charge is 2.26. The van der Waals surface area contributed by atoms with Crippen LogP contribution in [0.3, 0.4) is 0 Å². The summed E-state index contributed by atoms with van der Waals surface area (Å²) < 4.78 is 10.9. The Hall–Kier alpha value is -1.39. The molecule has 1 saturated heterocycles. The lowest BCUT2D eigenvalue weighted by atomic mass is 9.80. The molecule has 0 atom stereocenters. The summed E-state index contributed by atoms with van der Waals surface area (Å²) in [5.74, 6) is 0. The summed E-state index contributed by atoms with van der Waals surface area (Å²) in [6, 6.07) is 10.1. The van der Waals surface area contributed by atoms with Gasteiger partial charge < -0.3 is 9.31 Å². The highest BCUT2D eigenvalue weighted by molar-refractivity contribution is 6.61. The van der Waals surface area contributed by atoms with Crippen LogP contribution in [-0.2, 0) is 9.31 Å². The summed E-state index contributed by atoms with van der Waals surface area (Å²) >= 11 is 0. The smallest absolute Gasteiger partial charge is 0.405 e. The van der Waals surface area contributed by atoms with Crippen LogP contribution < -0.4 is 5.46 Å². The fourth-order valence-electron chi connectivity index (χ4n) is 1.77. The second kappa shape index (κ2) is 3.64. The summed E-state index contributed by atoms with van der Waals surface area (Å²) in [5, 5.41) is 1.12. The number of hydrogen-bond donors (Lipinski definition) is 0. The molecule has 2 aromatic rings. The zero-order valence-corrected chi connectivity index (χ0v) is 8.22. The van der Waals surface area contributed by atoms with Crippen molar-refractivity contribution in [2.75, 3.05) is 13.2 Å². The Morgan fingerprint density at radius 2 is 1.93 bits per heavy atom. The molecule has 3 rings (SSSR count). The van der Waals surface area contributed by atoms with Gasteiger partial charge in [0.2, 0.25) is 0 Å². The maximum absolute atomic E-state index is 5.43. The summed E-state index contributed by atoms with van der Waals surface area (Å²) in [6.45, 7) is 1.33. The highest BCUT2D eigenvalue weighted by Crippen LogP contribution is 2.09. The third-order valence-corrected chi connectivity index (χ3v) is 2.51. The number of hydrogen-bond acceptors (Lipinski definition) is 3. The maximum atomic E-state index is 5.43. The predicted octanol–water partition coefficient (Wildman–Crippen LogP) is 0.977. The summed E-state index contributed by atoms with van der Waals surface area (Å²) in [4.78, 5) is 4.37. The van der Waals surface area contributed by atoms with E-state index in [1.54, 1.807) is 0 Å². The lowest BCUT2D eigenvalue weighted by molar-refractivity contribution is 0.365. The second-order valence-electron chi connectivity index (χ2n) is 3.53. The molecule has 1 aliphatic rings. The van der Waals surface area contributed by atoms with Gasteiger partial charge in [-0.15, -0.1) is 0 Å². The summed E-state index contributed by atoms with van der Waals surface area (Å²) in [5.41, 5.74) is 1.99. The maximum Gasteiger partial charge on any atom is 0.495 e. The van der Waals surface area contributed by atoms with Crippen LogP contribution in [0, 0.1) is 0 Å². The van der Waals surface area contributed by atoms with Gasteiger partial charge in [-0.05, 0) is 11.5 Å². The van der Waals surface area contributed by atoms with Crippen molar-refractivity contribution in [1.82, 2.24) is 4.98 Å². The van der Waals surface area contributed by atoms with E-state index in [1.807, 2.05) is 30.5 Å². The van der Waals surface area contributed by atoms with E-state index in [1.165, 1.54) is 0 Å². The first-order valence-corrected chi connectivity index (χ1v) is 5.01. The molecule has 0 unspecified atom stereocenters. The Morgan fingerprint density at radius 3 is 2.80 bits per heavy atom. The first-order valence-electron chi connectivity index (χ1n) is 5.01. The lowest BCUT2D eigenvalue weighted by Gasteiger charge is -2.04. The predicted molar refractivity (Wildman–Crippen MR) is 59.0 cm³/mol. The molecular formula is C11H10BNO2. The molecule has 4 heteroatoms. The molecule has 3 nitrogen and oxygen atoms in total. The first-order chi connectivity index (χ1) is 7.43. The van der Waals surface area contributed by atoms with Crippen molar-refractivity contribution in [3.63, 3.8) is 0 Å². The Labute approximate surface area is 88.2 Å². The van der Waals surface area contributed by atoms with Crippen LogP contribution in [0.2, 0.25) is 0 Å². The Balaban J connectivity index is 2.05. The van der Waals surface area contributed by atoms with Crippen molar-refractivity contribution < 1.29 is 9.31 Å². The van der Waals surface area contributed by atoms with Crippen LogP contribution >= 0.6 is 0 Å². The average molecular weight is 199 g/mol. The summed E-state index contributed by atoms with van der Waals surface area (Å²) in [6.07, 6.45) is 1.82. The van der Waals surface area contributed by atoms with Crippen molar-refractivity contribution in [3.8, 4) is 0 Å². The molecule has 0 radical (unpaired) electrons. The normalized spacial score (nSPS) is 16.1. The molecule has 0 bridgehead atoms. The van der Waals surface area contributed by atoms with Gasteiger partial charge in [0.15, 0.2) is 0 Å². The van der Waals surface area contributed by atoms with Crippen molar-refractivity contribution in [1.29, 1.82) is 0 Å². The van der Waals surface area contributed by atoms with E-state index in [2.05, 4.69) is 11.1 Å². The molecule has 0 N–H and O–H groups in total. The van der Waals surface area contributed by atoms with Gasteiger partial charge in [-0.2, -0.15) is 0 Å². The van der Waals surface area contributed by atoms with E-state index >= 15 is 0 Å². The number of aromatic nitrogens is 1. The Kier molecular flexibility index (Phi) is 2.16. The zero-order valence-electron chi connectivity index (χ0n) is 8.22. The van der Waals surface area contributed by atoms with Crippen LogP contribution in [0.4, 0.5) is 0 Å². The molecule has 1 aliphatic heterocycles. The van der Waals surface area contributed by atoms with Gasteiger partial charge in [0.1, 0.15) is 0 Å². The highest BCUT2D eigenvalue weighted by atomic mass is 16.6. The van der Waals surface area contributed by atoms with Crippen molar-refractivity contribution in [3.05, 3.63) is 36.5 Å². The fourth-order valence-corrected chi connectivity index (χ4v) is 1.77. The van der Waals surface area contributed by atoms with E-state index in [0.717, 1.165) is 16.4 Å². The minimum absolute atomic E-state index is 0.234. The van der Waals surface area contributed by atoms with E-state index in [4.69, 9.17) is 9.31 Å². The number of pyridine rings is 1. The van der Waals surface area contributed by atoms with E-state index < -0.39 is 0 Å². The molecule has 74 valence electrons. The molecule has 1 aromatic heterocycles. The number of fused-ring (bicyclic) bond motifs is 1. The summed E-state index contributed by atoms with van der Waals surface area (Å²) in [7, 11) is -0.234. The van der Waals surface area contributed by atoms with Crippen LogP contribution in [0.25, 0.3) is 10.9 Å². The molecule has 15 heavy (non-hydrogen) atoms. The number of nitrogens with zero attached hydrogens (tertiary/aromatic N) is 1. The third kappa shape index (κ3) is 1.62. The standard InChI is InChI=1S/C11H10BNO2/c1-2-4-11-9(3-1)7-10(8-13-11)12-14-5-6-15-12/h1-4,7-8H,5-6H2. The van der Waals surface area contributed by atoms with Crippen molar-refractivity contribution in [2.24, 2.45) is 0 Å². The van der Waals surface area contributed by atoms with Crippen LogP contribution in [0.15, 0.2) is 36.5 Å². The topological polar surface area (TPSA) is 31.4 Å². The molecule has 2 heterocycles.